The first-order valence-electron chi connectivity index (χ1n) is 4.95. The second kappa shape index (κ2) is 7.05. The van der Waals surface area contributed by atoms with Gasteiger partial charge in [-0.05, 0) is 13.3 Å². The molecule has 0 aliphatic rings. The van der Waals surface area contributed by atoms with Crippen molar-refractivity contribution in [2.45, 2.75) is 26.3 Å². The van der Waals surface area contributed by atoms with Gasteiger partial charge in [-0.15, -0.1) is 0 Å². The molecule has 2 amide bonds. The van der Waals surface area contributed by atoms with Crippen molar-refractivity contribution in [3.05, 3.63) is 0 Å². The normalized spacial score (nSPS) is 11.9. The van der Waals surface area contributed by atoms with E-state index >= 15 is 0 Å². The van der Waals surface area contributed by atoms with Crippen LogP contribution < -0.4 is 5.32 Å². The summed E-state index contributed by atoms with van der Waals surface area (Å²) in [6.45, 7) is 3.95. The minimum absolute atomic E-state index is 0.134. The molecule has 0 aliphatic carbocycles. The Bertz CT molecular complexity index is 220. The van der Waals surface area contributed by atoms with Crippen LogP contribution in [0.1, 0.15) is 20.3 Å². The standard InChI is InChI=1S/C9H18N2O4/c1-3-7(8(13)14)10-9(15)11(4-2)5-6-12/h7,12H,3-6H2,1-2H3,(H,10,15)(H,13,14). The van der Waals surface area contributed by atoms with Crippen molar-refractivity contribution < 1.29 is 19.8 Å². The van der Waals surface area contributed by atoms with E-state index < -0.39 is 18.0 Å². The number of carbonyl (C=O) groups is 2. The molecule has 1 atom stereocenters. The van der Waals surface area contributed by atoms with Crippen LogP contribution in [-0.4, -0.2) is 52.9 Å². The Kier molecular flexibility index (Phi) is 6.44. The molecule has 0 rings (SSSR count). The zero-order valence-corrected chi connectivity index (χ0v) is 9.06. The number of likely N-dealkylation sites (N-methyl/N-ethyl adjacent to an activating group) is 1. The van der Waals surface area contributed by atoms with E-state index in [0.29, 0.717) is 13.0 Å². The number of amides is 2. The Hall–Kier alpha value is -1.30. The topological polar surface area (TPSA) is 89.9 Å². The molecule has 15 heavy (non-hydrogen) atoms. The van der Waals surface area contributed by atoms with Crippen LogP contribution in [-0.2, 0) is 4.79 Å². The van der Waals surface area contributed by atoms with E-state index in [-0.39, 0.29) is 13.2 Å². The number of hydrogen-bond donors (Lipinski definition) is 3. The number of carboxylic acid groups (broad SMARTS) is 1. The van der Waals surface area contributed by atoms with Crippen molar-refractivity contribution in [3.8, 4) is 0 Å². The zero-order chi connectivity index (χ0) is 11.8. The molecule has 0 saturated carbocycles. The highest BCUT2D eigenvalue weighted by atomic mass is 16.4. The van der Waals surface area contributed by atoms with Gasteiger partial charge in [0.05, 0.1) is 6.61 Å². The highest BCUT2D eigenvalue weighted by molar-refractivity contribution is 5.82. The van der Waals surface area contributed by atoms with Crippen molar-refractivity contribution in [2.75, 3.05) is 19.7 Å². The Balaban J connectivity index is 4.24. The number of aliphatic carboxylic acids is 1. The highest BCUT2D eigenvalue weighted by Crippen LogP contribution is 1.95. The molecular weight excluding hydrogens is 200 g/mol. The Labute approximate surface area is 88.9 Å². The fraction of sp³-hybridized carbons (Fsp3) is 0.778. The summed E-state index contributed by atoms with van der Waals surface area (Å²) in [6, 6.07) is -1.33. The van der Waals surface area contributed by atoms with Gasteiger partial charge in [0.2, 0.25) is 0 Å². The number of carbonyl (C=O) groups excluding carboxylic acids is 1. The Morgan fingerprint density at radius 2 is 2.00 bits per heavy atom. The molecule has 1 unspecified atom stereocenters. The summed E-state index contributed by atoms with van der Waals surface area (Å²) in [4.78, 5) is 23.5. The van der Waals surface area contributed by atoms with E-state index in [0.717, 1.165) is 0 Å². The SMILES string of the molecule is CCC(NC(=O)N(CC)CCO)C(=O)O. The molecule has 0 aromatic carbocycles. The molecule has 0 aromatic heterocycles. The van der Waals surface area contributed by atoms with Crippen LogP contribution in [0.2, 0.25) is 0 Å². The molecule has 0 heterocycles. The molecule has 6 nitrogen and oxygen atoms in total. The van der Waals surface area contributed by atoms with Gasteiger partial charge in [0.15, 0.2) is 0 Å². The molecule has 0 bridgehead atoms. The Morgan fingerprint density at radius 1 is 1.40 bits per heavy atom. The van der Waals surface area contributed by atoms with E-state index in [1.165, 1.54) is 4.90 Å². The van der Waals surface area contributed by atoms with Crippen LogP contribution in [0.25, 0.3) is 0 Å². The predicted octanol–water partition coefficient (Wildman–Crippen LogP) is -0.127. The number of rotatable bonds is 6. The summed E-state index contributed by atoms with van der Waals surface area (Å²) in [7, 11) is 0. The lowest BCUT2D eigenvalue weighted by Crippen LogP contribution is -2.48. The smallest absolute Gasteiger partial charge is 0.326 e. The summed E-state index contributed by atoms with van der Waals surface area (Å²) in [6.07, 6.45) is 0.331. The van der Waals surface area contributed by atoms with Crippen LogP contribution in [0, 0.1) is 0 Å². The monoisotopic (exact) mass is 218 g/mol. The second-order valence-corrected chi connectivity index (χ2v) is 3.05. The number of carboxylic acids is 1. The first kappa shape index (κ1) is 13.7. The van der Waals surface area contributed by atoms with Crippen LogP contribution >= 0.6 is 0 Å². The second-order valence-electron chi connectivity index (χ2n) is 3.05. The van der Waals surface area contributed by atoms with Gasteiger partial charge in [-0.1, -0.05) is 6.92 Å². The fourth-order valence-electron chi connectivity index (χ4n) is 1.10. The fourth-order valence-corrected chi connectivity index (χ4v) is 1.10. The molecule has 0 spiro atoms. The summed E-state index contributed by atoms with van der Waals surface area (Å²) in [5, 5.41) is 19.8. The lowest BCUT2D eigenvalue weighted by molar-refractivity contribution is -0.139. The molecule has 3 N–H and O–H groups in total. The first-order valence-corrected chi connectivity index (χ1v) is 4.95. The van der Waals surface area contributed by atoms with Gasteiger partial charge < -0.3 is 20.4 Å². The van der Waals surface area contributed by atoms with E-state index in [9.17, 15) is 9.59 Å². The van der Waals surface area contributed by atoms with E-state index in [1.807, 2.05) is 0 Å². The number of hydrogen-bond acceptors (Lipinski definition) is 3. The average molecular weight is 218 g/mol. The largest absolute Gasteiger partial charge is 0.480 e. The molecule has 0 saturated heterocycles. The molecule has 6 heteroatoms. The molecule has 0 radical (unpaired) electrons. The van der Waals surface area contributed by atoms with E-state index in [4.69, 9.17) is 10.2 Å². The maximum absolute atomic E-state index is 11.5. The lowest BCUT2D eigenvalue weighted by atomic mass is 10.2. The van der Waals surface area contributed by atoms with Crippen molar-refractivity contribution in [3.63, 3.8) is 0 Å². The van der Waals surface area contributed by atoms with Gasteiger partial charge in [-0.3, -0.25) is 0 Å². The average Bonchev–Trinajstić information content (AvgIpc) is 2.21. The van der Waals surface area contributed by atoms with E-state index in [1.54, 1.807) is 13.8 Å². The molecule has 0 aliphatic heterocycles. The maximum Gasteiger partial charge on any atom is 0.326 e. The van der Waals surface area contributed by atoms with E-state index in [2.05, 4.69) is 5.32 Å². The lowest BCUT2D eigenvalue weighted by Gasteiger charge is -2.22. The predicted molar refractivity (Wildman–Crippen MR) is 54.6 cm³/mol. The van der Waals surface area contributed by atoms with Crippen LogP contribution in [0.15, 0.2) is 0 Å². The van der Waals surface area contributed by atoms with Gasteiger partial charge in [0.1, 0.15) is 6.04 Å². The van der Waals surface area contributed by atoms with Crippen molar-refractivity contribution in [2.24, 2.45) is 0 Å². The summed E-state index contributed by atoms with van der Waals surface area (Å²) in [5.41, 5.74) is 0. The minimum atomic E-state index is -1.05. The number of aliphatic hydroxyl groups is 1. The molecular formula is C9H18N2O4. The zero-order valence-electron chi connectivity index (χ0n) is 9.06. The van der Waals surface area contributed by atoms with Gasteiger partial charge in [0, 0.05) is 13.1 Å². The number of nitrogens with one attached hydrogen (secondary N) is 1. The number of aliphatic hydroxyl groups excluding tert-OH is 1. The third-order valence-corrected chi connectivity index (χ3v) is 2.04. The van der Waals surface area contributed by atoms with Gasteiger partial charge in [0.25, 0.3) is 0 Å². The Morgan fingerprint density at radius 3 is 2.33 bits per heavy atom. The molecule has 88 valence electrons. The number of urea groups is 1. The third-order valence-electron chi connectivity index (χ3n) is 2.04. The van der Waals surface area contributed by atoms with Crippen LogP contribution in [0.4, 0.5) is 4.79 Å². The molecule has 0 fully saturated rings. The van der Waals surface area contributed by atoms with Gasteiger partial charge in [-0.2, -0.15) is 0 Å². The van der Waals surface area contributed by atoms with Crippen molar-refractivity contribution in [1.29, 1.82) is 0 Å². The van der Waals surface area contributed by atoms with Crippen molar-refractivity contribution >= 4 is 12.0 Å². The van der Waals surface area contributed by atoms with Gasteiger partial charge >= 0.3 is 12.0 Å². The summed E-state index contributed by atoms with van der Waals surface area (Å²) < 4.78 is 0. The van der Waals surface area contributed by atoms with Crippen molar-refractivity contribution in [1.82, 2.24) is 10.2 Å². The van der Waals surface area contributed by atoms with Crippen LogP contribution in [0.5, 0.6) is 0 Å². The first-order chi connectivity index (χ1) is 7.06. The maximum atomic E-state index is 11.5. The summed E-state index contributed by atoms with van der Waals surface area (Å²) in [5.74, 6) is -1.05. The van der Waals surface area contributed by atoms with Crippen LogP contribution in [0.3, 0.4) is 0 Å². The van der Waals surface area contributed by atoms with Gasteiger partial charge in [-0.25, -0.2) is 9.59 Å². The highest BCUT2D eigenvalue weighted by Gasteiger charge is 2.20. The third kappa shape index (κ3) is 4.64. The number of nitrogens with zero attached hydrogens (tertiary/aromatic N) is 1. The summed E-state index contributed by atoms with van der Waals surface area (Å²) >= 11 is 0. The molecule has 0 aromatic rings. The quantitative estimate of drug-likeness (QED) is 0.579. The minimum Gasteiger partial charge on any atom is -0.480 e.